The standard InChI is InChI=1S/C31H32F6N2O6S/c1-2-46(42,43)27-13-5-20(6-14-27)28(17-40)38-29(41)21-3-9-23(10-4-21)39-16-26(15-24(39)18-44-19-30(32,33)34)45-25-11-7-22(8-12-25)31(35,36)37/h3-14,24,26,28,40H,2,15-19H2,1H3,(H,38,41)/t24-,26+,28-/m0/s1. The average Bonchev–Trinajstić information content (AvgIpc) is 3.41. The van der Waals surface area contributed by atoms with Crippen LogP contribution in [0.3, 0.4) is 0 Å². The molecular formula is C31H32F6N2O6S. The third-order valence-electron chi connectivity index (χ3n) is 7.41. The number of ether oxygens (including phenoxy) is 2. The highest BCUT2D eigenvalue weighted by Gasteiger charge is 2.36. The number of nitrogens with zero attached hydrogens (tertiary/aromatic N) is 1. The maximum absolute atomic E-state index is 13.0. The van der Waals surface area contributed by atoms with Gasteiger partial charge in [-0.05, 0) is 66.2 Å². The molecule has 46 heavy (non-hydrogen) atoms. The molecule has 0 radical (unpaired) electrons. The molecule has 1 amide bonds. The Balaban J connectivity index is 1.45. The van der Waals surface area contributed by atoms with Crippen molar-refractivity contribution in [2.45, 2.75) is 48.8 Å². The first-order valence-corrected chi connectivity index (χ1v) is 15.8. The number of hydrogen-bond acceptors (Lipinski definition) is 7. The summed E-state index contributed by atoms with van der Waals surface area (Å²) in [5.41, 5.74) is 0.401. The molecule has 8 nitrogen and oxygen atoms in total. The van der Waals surface area contributed by atoms with E-state index in [9.17, 15) is 44.7 Å². The molecule has 3 aromatic rings. The molecule has 0 aliphatic carbocycles. The molecule has 2 N–H and O–H groups in total. The number of hydrogen-bond donors (Lipinski definition) is 2. The number of aliphatic hydroxyl groups is 1. The smallest absolute Gasteiger partial charge is 0.416 e. The second-order valence-corrected chi connectivity index (χ2v) is 12.9. The number of carbonyl (C=O) groups is 1. The van der Waals surface area contributed by atoms with Crippen LogP contribution in [0.25, 0.3) is 0 Å². The highest BCUT2D eigenvalue weighted by atomic mass is 32.2. The van der Waals surface area contributed by atoms with E-state index in [1.807, 2.05) is 0 Å². The summed E-state index contributed by atoms with van der Waals surface area (Å²) < 4.78 is 112. The van der Waals surface area contributed by atoms with Crippen molar-refractivity contribution < 1.29 is 54.1 Å². The lowest BCUT2D eigenvalue weighted by atomic mass is 10.1. The summed E-state index contributed by atoms with van der Waals surface area (Å²) in [6, 6.07) is 14.7. The van der Waals surface area contributed by atoms with E-state index in [4.69, 9.17) is 9.47 Å². The Kier molecular flexibility index (Phi) is 10.9. The van der Waals surface area contributed by atoms with E-state index in [0.717, 1.165) is 12.1 Å². The zero-order chi connectivity index (χ0) is 33.7. The number of benzene rings is 3. The Morgan fingerprint density at radius 1 is 0.978 bits per heavy atom. The van der Waals surface area contributed by atoms with E-state index in [1.165, 1.54) is 55.5 Å². The van der Waals surface area contributed by atoms with Crippen LogP contribution < -0.4 is 15.0 Å². The van der Waals surface area contributed by atoms with Crippen molar-refractivity contribution in [2.24, 2.45) is 0 Å². The van der Waals surface area contributed by atoms with Gasteiger partial charge in [0.15, 0.2) is 9.84 Å². The SMILES string of the molecule is CCS(=O)(=O)c1ccc([C@H](CO)NC(=O)c2ccc(N3C[C@H](Oc4ccc(C(F)(F)F)cc4)C[C@H]3COCC(F)(F)F)cc2)cc1. The van der Waals surface area contributed by atoms with Crippen molar-refractivity contribution in [3.63, 3.8) is 0 Å². The molecule has 0 spiro atoms. The minimum Gasteiger partial charge on any atom is -0.489 e. The zero-order valence-electron chi connectivity index (χ0n) is 24.5. The van der Waals surface area contributed by atoms with Crippen molar-refractivity contribution in [1.82, 2.24) is 5.32 Å². The summed E-state index contributed by atoms with van der Waals surface area (Å²) in [6.45, 7) is -0.512. The van der Waals surface area contributed by atoms with Gasteiger partial charge in [-0.15, -0.1) is 0 Å². The average molecular weight is 675 g/mol. The maximum Gasteiger partial charge on any atom is 0.416 e. The van der Waals surface area contributed by atoms with E-state index < -0.39 is 65.1 Å². The Bertz CT molecular complexity index is 1560. The number of rotatable bonds is 12. The molecule has 4 rings (SSSR count). The van der Waals surface area contributed by atoms with E-state index in [0.29, 0.717) is 11.3 Å². The minimum absolute atomic E-state index is 0.0753. The first kappa shape index (κ1) is 35.0. The number of carbonyl (C=O) groups excluding carboxylic acids is 1. The van der Waals surface area contributed by atoms with Crippen LogP contribution in [0.1, 0.15) is 40.9 Å². The number of amides is 1. The molecule has 1 aliphatic heterocycles. The number of halogens is 6. The van der Waals surface area contributed by atoms with Gasteiger partial charge >= 0.3 is 12.4 Å². The highest BCUT2D eigenvalue weighted by molar-refractivity contribution is 7.91. The van der Waals surface area contributed by atoms with Gasteiger partial charge in [0, 0.05) is 17.7 Å². The van der Waals surface area contributed by atoms with Crippen LogP contribution >= 0.6 is 0 Å². The molecule has 1 saturated heterocycles. The summed E-state index contributed by atoms with van der Waals surface area (Å²) in [5.74, 6) is -0.443. The lowest BCUT2D eigenvalue weighted by Crippen LogP contribution is -2.35. The van der Waals surface area contributed by atoms with Crippen LogP contribution in [0.2, 0.25) is 0 Å². The maximum atomic E-state index is 13.0. The lowest BCUT2D eigenvalue weighted by molar-refractivity contribution is -0.174. The molecule has 1 heterocycles. The second kappa shape index (κ2) is 14.3. The van der Waals surface area contributed by atoms with E-state index in [2.05, 4.69) is 5.32 Å². The molecule has 0 saturated carbocycles. The molecule has 1 aliphatic rings. The van der Waals surface area contributed by atoms with Crippen molar-refractivity contribution >= 4 is 21.4 Å². The van der Waals surface area contributed by atoms with Crippen molar-refractivity contribution in [1.29, 1.82) is 0 Å². The van der Waals surface area contributed by atoms with Gasteiger partial charge < -0.3 is 24.8 Å². The van der Waals surface area contributed by atoms with E-state index >= 15 is 0 Å². The molecule has 3 atom stereocenters. The van der Waals surface area contributed by atoms with Gasteiger partial charge in [0.05, 0.1) is 48.1 Å². The summed E-state index contributed by atoms with van der Waals surface area (Å²) in [7, 11) is -3.42. The van der Waals surface area contributed by atoms with Gasteiger partial charge in [-0.1, -0.05) is 19.1 Å². The predicted octanol–water partition coefficient (Wildman–Crippen LogP) is 5.57. The summed E-state index contributed by atoms with van der Waals surface area (Å²) in [5, 5.41) is 12.6. The fourth-order valence-corrected chi connectivity index (χ4v) is 5.90. The van der Waals surface area contributed by atoms with Crippen LogP contribution in [0.15, 0.2) is 77.7 Å². The fourth-order valence-electron chi connectivity index (χ4n) is 5.01. The molecule has 15 heteroatoms. The summed E-state index contributed by atoms with van der Waals surface area (Å²) >= 11 is 0. The van der Waals surface area contributed by atoms with Crippen LogP contribution in [-0.2, 0) is 20.8 Å². The van der Waals surface area contributed by atoms with E-state index in [1.54, 1.807) is 17.0 Å². The van der Waals surface area contributed by atoms with Crippen LogP contribution in [0, 0.1) is 0 Å². The molecule has 0 aromatic heterocycles. The van der Waals surface area contributed by atoms with Gasteiger partial charge in [0.1, 0.15) is 18.5 Å². The number of alkyl halides is 6. The summed E-state index contributed by atoms with van der Waals surface area (Å²) in [4.78, 5) is 14.8. The van der Waals surface area contributed by atoms with Crippen molar-refractivity contribution in [2.75, 3.05) is 37.0 Å². The number of sulfone groups is 1. The molecule has 0 unspecified atom stereocenters. The van der Waals surface area contributed by atoms with Crippen molar-refractivity contribution in [3.05, 3.63) is 89.5 Å². The number of anilines is 1. The van der Waals surface area contributed by atoms with Gasteiger partial charge in [0.2, 0.25) is 0 Å². The molecule has 3 aromatic carbocycles. The predicted molar refractivity (Wildman–Crippen MR) is 156 cm³/mol. The molecule has 1 fully saturated rings. The Morgan fingerprint density at radius 3 is 2.15 bits per heavy atom. The Labute approximate surface area is 261 Å². The topological polar surface area (TPSA) is 105 Å². The first-order chi connectivity index (χ1) is 21.6. The minimum atomic E-state index is -4.53. The highest BCUT2D eigenvalue weighted by Crippen LogP contribution is 2.33. The third kappa shape index (κ3) is 9.13. The second-order valence-electron chi connectivity index (χ2n) is 10.7. The van der Waals surface area contributed by atoms with Gasteiger partial charge in [-0.25, -0.2) is 8.42 Å². The Morgan fingerprint density at radius 2 is 1.61 bits per heavy atom. The van der Waals surface area contributed by atoms with Gasteiger partial charge in [-0.3, -0.25) is 4.79 Å². The third-order valence-corrected chi connectivity index (χ3v) is 9.16. The van der Waals surface area contributed by atoms with Crippen LogP contribution in [0.4, 0.5) is 32.0 Å². The zero-order valence-corrected chi connectivity index (χ0v) is 25.3. The summed E-state index contributed by atoms with van der Waals surface area (Å²) in [6.07, 6.45) is -9.41. The monoisotopic (exact) mass is 674 g/mol. The van der Waals surface area contributed by atoms with Crippen LogP contribution in [-0.4, -0.2) is 69.9 Å². The first-order valence-electron chi connectivity index (χ1n) is 14.2. The molecule has 250 valence electrons. The molecular weight excluding hydrogens is 642 g/mol. The van der Waals surface area contributed by atoms with E-state index in [-0.39, 0.29) is 41.5 Å². The quantitative estimate of drug-likeness (QED) is 0.242. The van der Waals surface area contributed by atoms with Gasteiger partial charge in [-0.2, -0.15) is 26.3 Å². The Hall–Kier alpha value is -3.82. The van der Waals surface area contributed by atoms with Crippen molar-refractivity contribution in [3.8, 4) is 5.75 Å². The van der Waals surface area contributed by atoms with Crippen LogP contribution in [0.5, 0.6) is 5.75 Å². The normalized spacial score (nSPS) is 18.0. The fraction of sp³-hybridized carbons (Fsp3) is 0.387. The molecule has 0 bridgehead atoms. The van der Waals surface area contributed by atoms with Gasteiger partial charge in [0.25, 0.3) is 5.91 Å². The number of nitrogens with one attached hydrogen (secondary N) is 1. The lowest BCUT2D eigenvalue weighted by Gasteiger charge is -2.26. The number of aliphatic hydroxyl groups excluding tert-OH is 1. The largest absolute Gasteiger partial charge is 0.489 e.